The summed E-state index contributed by atoms with van der Waals surface area (Å²) in [6, 6.07) is 15.5. The van der Waals surface area contributed by atoms with E-state index in [1.165, 1.54) is 0 Å². The van der Waals surface area contributed by atoms with Crippen LogP contribution < -0.4 is 16.4 Å². The van der Waals surface area contributed by atoms with E-state index in [-0.39, 0.29) is 6.04 Å². The van der Waals surface area contributed by atoms with Crippen molar-refractivity contribution in [3.8, 4) is 0 Å². The summed E-state index contributed by atoms with van der Waals surface area (Å²) in [5.41, 5.74) is 10.0. The van der Waals surface area contributed by atoms with Crippen LogP contribution in [-0.4, -0.2) is 36.8 Å². The number of nitrogen functional groups attached to an aromatic ring is 1. The number of aromatic nitrogens is 4. The van der Waals surface area contributed by atoms with Crippen molar-refractivity contribution >= 4 is 40.2 Å². The van der Waals surface area contributed by atoms with Gasteiger partial charge in [-0.15, -0.1) is 0 Å². The normalized spacial score (nSPS) is 13.1. The maximum atomic E-state index is 10.1. The first-order valence-corrected chi connectivity index (χ1v) is 11.3. The SMILES string of the molecule is CCC(Nc1nc(NCc2cccc(Cl)c2N)c2ncn(Cc3ccccc3)c2n1)C(C)O. The molecule has 2 aromatic carbocycles. The van der Waals surface area contributed by atoms with Crippen molar-refractivity contribution in [2.24, 2.45) is 0 Å². The summed E-state index contributed by atoms with van der Waals surface area (Å²) in [7, 11) is 0. The summed E-state index contributed by atoms with van der Waals surface area (Å²) in [6.45, 7) is 4.81. The number of halogens is 1. The average molecular weight is 466 g/mol. The molecule has 0 bridgehead atoms. The predicted octanol–water partition coefficient (Wildman–Crippen LogP) is 4.29. The number of fused-ring (bicyclic) bond motifs is 1. The van der Waals surface area contributed by atoms with Gasteiger partial charge in [0.25, 0.3) is 0 Å². The van der Waals surface area contributed by atoms with Crippen LogP contribution in [0.15, 0.2) is 54.9 Å². The molecule has 0 aliphatic carbocycles. The number of imidazole rings is 1. The van der Waals surface area contributed by atoms with Crippen LogP contribution in [0.5, 0.6) is 0 Å². The van der Waals surface area contributed by atoms with Crippen molar-refractivity contribution in [1.29, 1.82) is 0 Å². The van der Waals surface area contributed by atoms with Crippen molar-refractivity contribution in [3.63, 3.8) is 0 Å². The number of hydrogen-bond acceptors (Lipinski definition) is 7. The van der Waals surface area contributed by atoms with Gasteiger partial charge < -0.3 is 26.0 Å². The Labute approximate surface area is 197 Å². The molecule has 0 saturated carbocycles. The molecule has 0 spiro atoms. The second-order valence-corrected chi connectivity index (χ2v) is 8.40. The number of benzene rings is 2. The third-order valence-electron chi connectivity index (χ3n) is 5.59. The van der Waals surface area contributed by atoms with E-state index >= 15 is 0 Å². The molecule has 0 radical (unpaired) electrons. The molecule has 172 valence electrons. The number of nitrogens with one attached hydrogen (secondary N) is 2. The van der Waals surface area contributed by atoms with Gasteiger partial charge in [-0.25, -0.2) is 4.98 Å². The van der Waals surface area contributed by atoms with Gasteiger partial charge in [0.15, 0.2) is 17.0 Å². The highest BCUT2D eigenvalue weighted by atomic mass is 35.5. The van der Waals surface area contributed by atoms with Crippen LogP contribution in [0.3, 0.4) is 0 Å². The third-order valence-corrected chi connectivity index (χ3v) is 5.92. The summed E-state index contributed by atoms with van der Waals surface area (Å²) in [4.78, 5) is 14.0. The lowest BCUT2D eigenvalue weighted by Crippen LogP contribution is -2.31. The van der Waals surface area contributed by atoms with Crippen LogP contribution in [0.1, 0.15) is 31.4 Å². The number of hydrogen-bond donors (Lipinski definition) is 4. The topological polar surface area (TPSA) is 114 Å². The molecule has 2 unspecified atom stereocenters. The number of aliphatic hydroxyl groups excluding tert-OH is 1. The van der Waals surface area contributed by atoms with Gasteiger partial charge in [-0.3, -0.25) is 0 Å². The first kappa shape index (κ1) is 22.8. The van der Waals surface area contributed by atoms with Crippen LogP contribution >= 0.6 is 11.6 Å². The fourth-order valence-electron chi connectivity index (χ4n) is 3.67. The third kappa shape index (κ3) is 5.18. The van der Waals surface area contributed by atoms with Crippen molar-refractivity contribution in [2.75, 3.05) is 16.4 Å². The van der Waals surface area contributed by atoms with Gasteiger partial charge in [-0.05, 0) is 30.5 Å². The van der Waals surface area contributed by atoms with E-state index < -0.39 is 6.10 Å². The standard InChI is InChI=1S/C24H28ClN7O/c1-3-19(15(2)33)29-24-30-22(27-12-17-10-7-11-18(25)20(17)26)21-23(31-24)32(14-28-21)13-16-8-5-4-6-9-16/h4-11,14-15,19,33H,3,12-13,26H2,1-2H3,(H2,27,29,30,31). The number of anilines is 3. The molecule has 2 atom stereocenters. The number of nitrogens with two attached hydrogens (primary N) is 1. The van der Waals surface area contributed by atoms with Gasteiger partial charge in [0.1, 0.15) is 0 Å². The van der Waals surface area contributed by atoms with Crippen LogP contribution in [-0.2, 0) is 13.1 Å². The summed E-state index contributed by atoms with van der Waals surface area (Å²) in [6.07, 6.45) is 1.94. The second kappa shape index (κ2) is 10.1. The molecular formula is C24H28ClN7O. The molecule has 9 heteroatoms. The first-order valence-electron chi connectivity index (χ1n) is 10.9. The molecule has 0 saturated heterocycles. The van der Waals surface area contributed by atoms with Crippen LogP contribution in [0.4, 0.5) is 17.5 Å². The first-order chi connectivity index (χ1) is 16.0. The predicted molar refractivity (Wildman–Crippen MR) is 133 cm³/mol. The fraction of sp³-hybridized carbons (Fsp3) is 0.292. The van der Waals surface area contributed by atoms with E-state index in [1.54, 1.807) is 19.3 Å². The Bertz CT molecular complexity index is 1230. The van der Waals surface area contributed by atoms with Crippen molar-refractivity contribution in [1.82, 2.24) is 19.5 Å². The second-order valence-electron chi connectivity index (χ2n) is 7.99. The number of rotatable bonds is 9. The van der Waals surface area contributed by atoms with E-state index in [9.17, 15) is 5.11 Å². The molecule has 0 amide bonds. The Kier molecular flexibility index (Phi) is 6.96. The smallest absolute Gasteiger partial charge is 0.227 e. The fourth-order valence-corrected chi connectivity index (χ4v) is 3.87. The molecule has 2 aromatic heterocycles. The van der Waals surface area contributed by atoms with Gasteiger partial charge in [0.05, 0.1) is 35.7 Å². The van der Waals surface area contributed by atoms with Crippen LogP contribution in [0.25, 0.3) is 11.2 Å². The van der Waals surface area contributed by atoms with Gasteiger partial charge in [-0.1, -0.05) is 61.0 Å². The Hall–Kier alpha value is -3.36. The molecule has 0 fully saturated rings. The minimum Gasteiger partial charge on any atom is -0.397 e. The minimum absolute atomic E-state index is 0.177. The molecule has 4 rings (SSSR count). The van der Waals surface area contributed by atoms with E-state index in [4.69, 9.17) is 22.3 Å². The highest BCUT2D eigenvalue weighted by Gasteiger charge is 2.18. The quantitative estimate of drug-likeness (QED) is 0.272. The molecule has 0 aliphatic heterocycles. The highest BCUT2D eigenvalue weighted by molar-refractivity contribution is 6.33. The Morgan fingerprint density at radius 2 is 1.91 bits per heavy atom. The zero-order valence-corrected chi connectivity index (χ0v) is 19.4. The number of para-hydroxylation sites is 1. The monoisotopic (exact) mass is 465 g/mol. The number of aliphatic hydroxyl groups is 1. The maximum absolute atomic E-state index is 10.1. The average Bonchev–Trinajstić information content (AvgIpc) is 3.21. The van der Waals surface area contributed by atoms with Crippen molar-refractivity contribution < 1.29 is 5.11 Å². The lowest BCUT2D eigenvalue weighted by atomic mass is 10.1. The molecule has 2 heterocycles. The number of nitrogens with zero attached hydrogens (tertiary/aromatic N) is 4. The molecule has 5 N–H and O–H groups in total. The van der Waals surface area contributed by atoms with Gasteiger partial charge in [-0.2, -0.15) is 9.97 Å². The summed E-state index contributed by atoms with van der Waals surface area (Å²) < 4.78 is 1.99. The van der Waals surface area contributed by atoms with E-state index in [0.717, 1.165) is 17.5 Å². The van der Waals surface area contributed by atoms with Gasteiger partial charge in [0.2, 0.25) is 5.95 Å². The summed E-state index contributed by atoms with van der Waals surface area (Å²) in [5.74, 6) is 1.00. The molecule has 4 aromatic rings. The molecular weight excluding hydrogens is 438 g/mol. The Morgan fingerprint density at radius 1 is 1.12 bits per heavy atom. The van der Waals surface area contributed by atoms with Gasteiger partial charge >= 0.3 is 0 Å². The van der Waals surface area contributed by atoms with Crippen LogP contribution in [0, 0.1) is 0 Å². The van der Waals surface area contributed by atoms with Crippen molar-refractivity contribution in [2.45, 2.75) is 45.5 Å². The van der Waals surface area contributed by atoms with E-state index in [1.807, 2.05) is 41.8 Å². The lowest BCUT2D eigenvalue weighted by molar-refractivity contribution is 0.169. The van der Waals surface area contributed by atoms with Crippen LogP contribution in [0.2, 0.25) is 5.02 Å². The zero-order valence-electron chi connectivity index (χ0n) is 18.7. The molecule has 0 aliphatic rings. The van der Waals surface area contributed by atoms with Gasteiger partial charge in [0, 0.05) is 6.54 Å². The Balaban J connectivity index is 1.71. The van der Waals surface area contributed by atoms with Crippen molar-refractivity contribution in [3.05, 3.63) is 71.0 Å². The summed E-state index contributed by atoms with van der Waals surface area (Å²) >= 11 is 6.17. The van der Waals surface area contributed by atoms with E-state index in [2.05, 4.69) is 32.7 Å². The largest absolute Gasteiger partial charge is 0.397 e. The molecule has 33 heavy (non-hydrogen) atoms. The lowest BCUT2D eigenvalue weighted by Gasteiger charge is -2.20. The van der Waals surface area contributed by atoms with E-state index in [0.29, 0.717) is 46.7 Å². The maximum Gasteiger partial charge on any atom is 0.227 e. The highest BCUT2D eigenvalue weighted by Crippen LogP contribution is 2.26. The Morgan fingerprint density at radius 3 is 2.64 bits per heavy atom. The molecule has 8 nitrogen and oxygen atoms in total. The summed E-state index contributed by atoms with van der Waals surface area (Å²) in [5, 5.41) is 17.2. The minimum atomic E-state index is -0.550. The zero-order chi connectivity index (χ0) is 23.4.